The molecule has 0 radical (unpaired) electrons. The highest BCUT2D eigenvalue weighted by Crippen LogP contribution is 2.39. The number of ether oxygens (including phenoxy) is 1. The molecule has 4 aromatic rings. The average molecular weight is 445 g/mol. The SMILES string of the molecule is CCCCCc1cc(OC(=O)CO)c2c3c(C(N)=O)cccc3n(Cc3ccccc3)c2c1. The maximum Gasteiger partial charge on any atom is 0.337 e. The number of esters is 1. The molecule has 0 bridgehead atoms. The molecular formula is C27H28N2O4. The fourth-order valence-electron chi connectivity index (χ4n) is 4.38. The van der Waals surface area contributed by atoms with E-state index < -0.39 is 18.5 Å². The summed E-state index contributed by atoms with van der Waals surface area (Å²) >= 11 is 0. The lowest BCUT2D eigenvalue weighted by Gasteiger charge is -2.11. The molecule has 3 aromatic carbocycles. The molecule has 6 nitrogen and oxygen atoms in total. The Kier molecular flexibility index (Phi) is 6.75. The molecule has 1 aromatic heterocycles. The standard InChI is InChI=1S/C27H28N2O4/c1-2-3-5-11-19-14-22-26(23(15-19)33-24(31)17-30)25-20(27(28)32)12-8-13-21(25)29(22)16-18-9-6-4-7-10-18/h4,6-10,12-15,30H,2-3,5,11,16-17H2,1H3,(H2,28,32). The summed E-state index contributed by atoms with van der Waals surface area (Å²) in [6.45, 7) is 2.00. The van der Waals surface area contributed by atoms with Gasteiger partial charge in [-0.2, -0.15) is 0 Å². The van der Waals surface area contributed by atoms with Gasteiger partial charge in [0.1, 0.15) is 12.4 Å². The van der Waals surface area contributed by atoms with Gasteiger partial charge in [-0.3, -0.25) is 4.79 Å². The van der Waals surface area contributed by atoms with E-state index in [1.54, 1.807) is 6.07 Å². The van der Waals surface area contributed by atoms with Crippen molar-refractivity contribution in [2.45, 2.75) is 39.2 Å². The van der Waals surface area contributed by atoms with Gasteiger partial charge in [0.2, 0.25) is 5.91 Å². The second kappa shape index (κ2) is 9.88. The molecule has 170 valence electrons. The van der Waals surface area contributed by atoms with Crippen LogP contribution in [-0.4, -0.2) is 28.2 Å². The molecule has 0 aliphatic carbocycles. The molecule has 0 saturated carbocycles. The number of carbonyl (C=O) groups is 2. The maximum absolute atomic E-state index is 12.3. The van der Waals surface area contributed by atoms with Crippen molar-refractivity contribution in [1.82, 2.24) is 4.57 Å². The summed E-state index contributed by atoms with van der Waals surface area (Å²) in [5, 5.41) is 10.6. The van der Waals surface area contributed by atoms with Crippen LogP contribution in [0.3, 0.4) is 0 Å². The minimum atomic E-state index is -0.748. The third-order valence-electron chi connectivity index (χ3n) is 5.89. The van der Waals surface area contributed by atoms with Gasteiger partial charge in [-0.25, -0.2) is 4.79 Å². The third kappa shape index (κ3) is 4.61. The molecule has 0 saturated heterocycles. The molecule has 33 heavy (non-hydrogen) atoms. The van der Waals surface area contributed by atoms with E-state index in [0.29, 0.717) is 28.6 Å². The largest absolute Gasteiger partial charge is 0.424 e. The molecule has 1 heterocycles. The van der Waals surface area contributed by atoms with Gasteiger partial charge in [0, 0.05) is 17.5 Å². The van der Waals surface area contributed by atoms with Crippen LogP contribution < -0.4 is 10.5 Å². The number of amides is 1. The van der Waals surface area contributed by atoms with Crippen molar-refractivity contribution in [2.24, 2.45) is 5.73 Å². The van der Waals surface area contributed by atoms with E-state index in [-0.39, 0.29) is 0 Å². The molecule has 4 rings (SSSR count). The van der Waals surface area contributed by atoms with Gasteiger partial charge in [0.05, 0.1) is 16.4 Å². The van der Waals surface area contributed by atoms with Gasteiger partial charge in [-0.15, -0.1) is 0 Å². The topological polar surface area (TPSA) is 94.6 Å². The number of carbonyl (C=O) groups excluding carboxylic acids is 2. The number of aromatic nitrogens is 1. The first-order chi connectivity index (χ1) is 16.0. The van der Waals surface area contributed by atoms with Crippen LogP contribution >= 0.6 is 0 Å². The van der Waals surface area contributed by atoms with E-state index in [1.165, 1.54) is 0 Å². The number of primary amides is 1. The van der Waals surface area contributed by atoms with Crippen LogP contribution in [0.5, 0.6) is 5.75 Å². The molecule has 1 amide bonds. The monoisotopic (exact) mass is 444 g/mol. The number of unbranched alkanes of at least 4 members (excludes halogenated alkanes) is 2. The summed E-state index contributed by atoms with van der Waals surface area (Å²) in [6.07, 6.45) is 4.05. The number of hydrogen-bond acceptors (Lipinski definition) is 4. The van der Waals surface area contributed by atoms with Gasteiger partial charge >= 0.3 is 5.97 Å². The van der Waals surface area contributed by atoms with Crippen molar-refractivity contribution >= 4 is 33.7 Å². The number of aliphatic hydroxyl groups is 1. The Morgan fingerprint density at radius 1 is 0.939 bits per heavy atom. The molecule has 3 N–H and O–H groups in total. The predicted octanol–water partition coefficient (Wildman–Crippen LogP) is 4.57. The molecule has 0 fully saturated rings. The Morgan fingerprint density at radius 2 is 1.73 bits per heavy atom. The first-order valence-electron chi connectivity index (χ1n) is 11.3. The molecule has 0 spiro atoms. The summed E-state index contributed by atoms with van der Waals surface area (Å²) in [5.41, 5.74) is 9.92. The van der Waals surface area contributed by atoms with Gasteiger partial charge in [0.25, 0.3) is 0 Å². The zero-order chi connectivity index (χ0) is 23.4. The molecule has 0 aliphatic heterocycles. The van der Waals surface area contributed by atoms with Gasteiger partial charge in [-0.05, 0) is 48.2 Å². The summed E-state index contributed by atoms with van der Waals surface area (Å²) in [6, 6.07) is 19.4. The van der Waals surface area contributed by atoms with Crippen molar-refractivity contribution in [2.75, 3.05) is 6.61 Å². The quantitative estimate of drug-likeness (QED) is 0.225. The number of aryl methyl sites for hydroxylation is 1. The van der Waals surface area contributed by atoms with E-state index in [4.69, 9.17) is 10.5 Å². The Labute approximate surface area is 192 Å². The second-order valence-electron chi connectivity index (χ2n) is 8.21. The Hall–Kier alpha value is -3.64. The van der Waals surface area contributed by atoms with E-state index in [2.05, 4.69) is 17.6 Å². The van der Waals surface area contributed by atoms with E-state index in [1.807, 2.05) is 48.5 Å². The summed E-state index contributed by atoms with van der Waals surface area (Å²) in [7, 11) is 0. The molecule has 0 aliphatic rings. The minimum Gasteiger partial charge on any atom is -0.424 e. The fraction of sp³-hybridized carbons (Fsp3) is 0.259. The zero-order valence-corrected chi connectivity index (χ0v) is 18.7. The van der Waals surface area contributed by atoms with Crippen LogP contribution in [0.2, 0.25) is 0 Å². The highest BCUT2D eigenvalue weighted by atomic mass is 16.5. The van der Waals surface area contributed by atoms with Crippen molar-refractivity contribution < 1.29 is 19.4 Å². The maximum atomic E-state index is 12.3. The third-order valence-corrected chi connectivity index (χ3v) is 5.89. The van der Waals surface area contributed by atoms with E-state index in [9.17, 15) is 14.7 Å². The van der Waals surface area contributed by atoms with Crippen LogP contribution in [0.1, 0.15) is 47.7 Å². The van der Waals surface area contributed by atoms with Crippen molar-refractivity contribution in [3.8, 4) is 5.75 Å². The predicted molar refractivity (Wildman–Crippen MR) is 129 cm³/mol. The second-order valence-corrected chi connectivity index (χ2v) is 8.21. The minimum absolute atomic E-state index is 0.337. The number of benzene rings is 3. The van der Waals surface area contributed by atoms with Crippen molar-refractivity contribution in [3.05, 3.63) is 77.4 Å². The van der Waals surface area contributed by atoms with Gasteiger partial charge in [0.15, 0.2) is 0 Å². The number of rotatable bonds is 9. The molecule has 0 atom stereocenters. The molecular weight excluding hydrogens is 416 g/mol. The van der Waals surface area contributed by atoms with Crippen LogP contribution in [-0.2, 0) is 17.8 Å². The Morgan fingerprint density at radius 3 is 2.42 bits per heavy atom. The van der Waals surface area contributed by atoms with Crippen molar-refractivity contribution in [3.63, 3.8) is 0 Å². The van der Waals surface area contributed by atoms with Crippen LogP contribution in [0.4, 0.5) is 0 Å². The number of nitrogens with zero attached hydrogens (tertiary/aromatic N) is 1. The van der Waals surface area contributed by atoms with Gasteiger partial charge < -0.3 is 20.1 Å². The highest BCUT2D eigenvalue weighted by Gasteiger charge is 2.22. The number of fused-ring (bicyclic) bond motifs is 3. The van der Waals surface area contributed by atoms with Gasteiger partial charge in [-0.1, -0.05) is 56.2 Å². The Balaban J connectivity index is 2.03. The number of hydrogen-bond donors (Lipinski definition) is 2. The fourth-order valence-corrected chi connectivity index (χ4v) is 4.38. The van der Waals surface area contributed by atoms with Crippen LogP contribution in [0.15, 0.2) is 60.7 Å². The first kappa shape index (κ1) is 22.6. The summed E-state index contributed by atoms with van der Waals surface area (Å²) in [4.78, 5) is 24.4. The van der Waals surface area contributed by atoms with Crippen LogP contribution in [0, 0.1) is 0 Å². The first-order valence-corrected chi connectivity index (χ1v) is 11.3. The van der Waals surface area contributed by atoms with Crippen LogP contribution in [0.25, 0.3) is 21.8 Å². The lowest BCUT2D eigenvalue weighted by molar-refractivity contribution is -0.137. The number of aliphatic hydroxyl groups excluding tert-OH is 1. The highest BCUT2D eigenvalue weighted by molar-refractivity contribution is 6.20. The lowest BCUT2D eigenvalue weighted by Crippen LogP contribution is -2.13. The van der Waals surface area contributed by atoms with E-state index in [0.717, 1.165) is 47.8 Å². The van der Waals surface area contributed by atoms with E-state index >= 15 is 0 Å². The number of nitrogens with two attached hydrogens (primary N) is 1. The zero-order valence-electron chi connectivity index (χ0n) is 18.7. The normalized spacial score (nSPS) is 11.2. The van der Waals surface area contributed by atoms with Crippen molar-refractivity contribution in [1.29, 1.82) is 0 Å². The molecule has 0 unspecified atom stereocenters. The Bertz CT molecular complexity index is 1310. The summed E-state index contributed by atoms with van der Waals surface area (Å²) < 4.78 is 7.71. The average Bonchev–Trinajstić information content (AvgIpc) is 3.13. The lowest BCUT2D eigenvalue weighted by atomic mass is 10.0. The smallest absolute Gasteiger partial charge is 0.337 e. The summed E-state index contributed by atoms with van der Waals surface area (Å²) in [5.74, 6) is -0.961. The molecule has 6 heteroatoms.